The number of rotatable bonds is 6. The Morgan fingerprint density at radius 3 is 2.33 bits per heavy atom. The largest absolute Gasteiger partial charge is 0.357 e. The van der Waals surface area contributed by atoms with Gasteiger partial charge in [-0.2, -0.15) is 15.0 Å². The van der Waals surface area contributed by atoms with Crippen molar-refractivity contribution in [1.82, 2.24) is 15.0 Å². The summed E-state index contributed by atoms with van der Waals surface area (Å²) in [6.07, 6.45) is 2.99. The average Bonchev–Trinajstić information content (AvgIpc) is 2.26. The molecule has 0 fully saturated rings. The van der Waals surface area contributed by atoms with E-state index in [-0.39, 0.29) is 0 Å². The predicted molar refractivity (Wildman–Crippen MR) is 62.1 cm³/mol. The minimum atomic E-state index is 0.632. The molecule has 0 saturated heterocycles. The van der Waals surface area contributed by atoms with Crippen LogP contribution >= 0.6 is 0 Å². The second-order valence-corrected chi connectivity index (χ2v) is 3.33. The van der Waals surface area contributed by atoms with Crippen LogP contribution in [0.15, 0.2) is 0 Å². The van der Waals surface area contributed by atoms with Gasteiger partial charge in [-0.25, -0.2) is 0 Å². The molecule has 0 aromatic carbocycles. The van der Waals surface area contributed by atoms with Crippen LogP contribution in [0.3, 0.4) is 0 Å². The first-order valence-electron chi connectivity index (χ1n) is 5.46. The number of hydrogen-bond acceptors (Lipinski definition) is 5. The third-order valence-corrected chi connectivity index (χ3v) is 1.91. The SMILES string of the molecule is CCCNc1nc(CCC)nc(NC)n1. The van der Waals surface area contributed by atoms with Crippen molar-refractivity contribution in [2.24, 2.45) is 0 Å². The molecule has 0 atom stereocenters. The number of anilines is 2. The van der Waals surface area contributed by atoms with Crippen LogP contribution in [-0.2, 0) is 6.42 Å². The minimum absolute atomic E-state index is 0.632. The lowest BCUT2D eigenvalue weighted by molar-refractivity contribution is 0.815. The summed E-state index contributed by atoms with van der Waals surface area (Å²) in [5, 5.41) is 6.11. The van der Waals surface area contributed by atoms with Crippen LogP contribution in [0.1, 0.15) is 32.5 Å². The lowest BCUT2D eigenvalue weighted by Crippen LogP contribution is -2.10. The molecule has 1 heterocycles. The molecule has 15 heavy (non-hydrogen) atoms. The summed E-state index contributed by atoms with van der Waals surface area (Å²) < 4.78 is 0. The maximum absolute atomic E-state index is 4.34. The van der Waals surface area contributed by atoms with Crippen molar-refractivity contribution in [3.05, 3.63) is 5.82 Å². The maximum atomic E-state index is 4.34. The molecule has 2 N–H and O–H groups in total. The van der Waals surface area contributed by atoms with Crippen LogP contribution in [0, 0.1) is 0 Å². The highest BCUT2D eigenvalue weighted by Gasteiger charge is 2.03. The molecule has 0 saturated carbocycles. The van der Waals surface area contributed by atoms with Crippen LogP contribution in [0.5, 0.6) is 0 Å². The van der Waals surface area contributed by atoms with E-state index in [1.807, 2.05) is 7.05 Å². The van der Waals surface area contributed by atoms with Crippen molar-refractivity contribution >= 4 is 11.9 Å². The fraction of sp³-hybridized carbons (Fsp3) is 0.700. The Labute approximate surface area is 90.7 Å². The maximum Gasteiger partial charge on any atom is 0.227 e. The molecule has 1 aromatic heterocycles. The number of nitrogens with one attached hydrogen (secondary N) is 2. The molecule has 0 aliphatic rings. The number of aryl methyl sites for hydroxylation is 1. The molecular weight excluding hydrogens is 190 g/mol. The first kappa shape index (κ1) is 11.7. The van der Waals surface area contributed by atoms with E-state index < -0.39 is 0 Å². The number of nitrogens with zero attached hydrogens (tertiary/aromatic N) is 3. The quantitative estimate of drug-likeness (QED) is 0.746. The van der Waals surface area contributed by atoms with Gasteiger partial charge in [0.25, 0.3) is 0 Å². The zero-order chi connectivity index (χ0) is 11.1. The van der Waals surface area contributed by atoms with Gasteiger partial charge < -0.3 is 10.6 Å². The van der Waals surface area contributed by atoms with Crippen molar-refractivity contribution in [1.29, 1.82) is 0 Å². The fourth-order valence-electron chi connectivity index (χ4n) is 1.18. The van der Waals surface area contributed by atoms with E-state index in [4.69, 9.17) is 0 Å². The average molecular weight is 209 g/mol. The van der Waals surface area contributed by atoms with E-state index in [1.165, 1.54) is 0 Å². The summed E-state index contributed by atoms with van der Waals surface area (Å²) >= 11 is 0. The summed E-state index contributed by atoms with van der Waals surface area (Å²) in [7, 11) is 1.81. The van der Waals surface area contributed by atoms with E-state index in [0.717, 1.165) is 31.6 Å². The van der Waals surface area contributed by atoms with Crippen molar-refractivity contribution in [3.63, 3.8) is 0 Å². The second kappa shape index (κ2) is 6.16. The van der Waals surface area contributed by atoms with Gasteiger partial charge in [0.15, 0.2) is 0 Å². The van der Waals surface area contributed by atoms with Gasteiger partial charge in [0.2, 0.25) is 11.9 Å². The highest BCUT2D eigenvalue weighted by Crippen LogP contribution is 2.06. The first-order chi connectivity index (χ1) is 7.30. The van der Waals surface area contributed by atoms with Gasteiger partial charge in [-0.05, 0) is 12.8 Å². The Hall–Kier alpha value is -1.39. The minimum Gasteiger partial charge on any atom is -0.357 e. The van der Waals surface area contributed by atoms with Gasteiger partial charge in [-0.3, -0.25) is 0 Å². The molecule has 0 amide bonds. The molecule has 1 rings (SSSR count). The molecule has 0 bridgehead atoms. The Kier molecular flexibility index (Phi) is 4.80. The lowest BCUT2D eigenvalue weighted by Gasteiger charge is -2.07. The summed E-state index contributed by atoms with van der Waals surface area (Å²) in [5.41, 5.74) is 0. The monoisotopic (exact) mass is 209 g/mol. The number of hydrogen-bond donors (Lipinski definition) is 2. The van der Waals surface area contributed by atoms with Crippen molar-refractivity contribution in [2.75, 3.05) is 24.2 Å². The van der Waals surface area contributed by atoms with Crippen LogP contribution in [0.25, 0.3) is 0 Å². The lowest BCUT2D eigenvalue weighted by atomic mass is 10.3. The topological polar surface area (TPSA) is 62.7 Å². The van der Waals surface area contributed by atoms with Crippen molar-refractivity contribution < 1.29 is 0 Å². The van der Waals surface area contributed by atoms with E-state index in [2.05, 4.69) is 39.4 Å². The summed E-state index contributed by atoms with van der Waals surface area (Å²) in [4.78, 5) is 12.8. The molecule has 0 radical (unpaired) electrons. The normalized spacial score (nSPS) is 10.1. The molecule has 0 aliphatic heterocycles. The van der Waals surface area contributed by atoms with Gasteiger partial charge in [0, 0.05) is 20.0 Å². The summed E-state index contributed by atoms with van der Waals surface area (Å²) in [5.74, 6) is 2.14. The molecule has 5 nitrogen and oxygen atoms in total. The Bertz CT molecular complexity index is 300. The van der Waals surface area contributed by atoms with Gasteiger partial charge in [0.1, 0.15) is 5.82 Å². The molecule has 0 unspecified atom stereocenters. The fourth-order valence-corrected chi connectivity index (χ4v) is 1.18. The van der Waals surface area contributed by atoms with Crippen LogP contribution in [0.4, 0.5) is 11.9 Å². The van der Waals surface area contributed by atoms with Gasteiger partial charge >= 0.3 is 0 Å². The molecule has 0 spiro atoms. The summed E-state index contributed by atoms with van der Waals surface area (Å²) in [6, 6.07) is 0. The van der Waals surface area contributed by atoms with Crippen molar-refractivity contribution in [2.45, 2.75) is 33.1 Å². The van der Waals surface area contributed by atoms with Crippen LogP contribution in [0.2, 0.25) is 0 Å². The highest BCUT2D eigenvalue weighted by atomic mass is 15.2. The first-order valence-corrected chi connectivity index (χ1v) is 5.46. The zero-order valence-electron chi connectivity index (χ0n) is 9.67. The molecule has 1 aromatic rings. The molecular formula is C10H19N5. The smallest absolute Gasteiger partial charge is 0.227 e. The van der Waals surface area contributed by atoms with Gasteiger partial charge in [0.05, 0.1) is 0 Å². The predicted octanol–water partition coefficient (Wildman–Crippen LogP) is 1.69. The van der Waals surface area contributed by atoms with Gasteiger partial charge in [-0.15, -0.1) is 0 Å². The van der Waals surface area contributed by atoms with E-state index in [1.54, 1.807) is 0 Å². The molecule has 0 aliphatic carbocycles. The zero-order valence-corrected chi connectivity index (χ0v) is 9.67. The van der Waals surface area contributed by atoms with Gasteiger partial charge in [-0.1, -0.05) is 13.8 Å². The Morgan fingerprint density at radius 1 is 1.00 bits per heavy atom. The van der Waals surface area contributed by atoms with E-state index >= 15 is 0 Å². The van der Waals surface area contributed by atoms with Crippen LogP contribution < -0.4 is 10.6 Å². The second-order valence-electron chi connectivity index (χ2n) is 3.33. The third-order valence-electron chi connectivity index (χ3n) is 1.91. The molecule has 84 valence electrons. The van der Waals surface area contributed by atoms with E-state index in [0.29, 0.717) is 11.9 Å². The summed E-state index contributed by atoms with van der Waals surface area (Å²) in [6.45, 7) is 5.11. The highest BCUT2D eigenvalue weighted by molar-refractivity contribution is 5.33. The van der Waals surface area contributed by atoms with E-state index in [9.17, 15) is 0 Å². The molecule has 5 heteroatoms. The Morgan fingerprint density at radius 2 is 1.73 bits per heavy atom. The third kappa shape index (κ3) is 3.69. The number of aromatic nitrogens is 3. The Balaban J connectivity index is 2.79. The standard InChI is InChI=1S/C10H19N5/c1-4-6-8-13-9(11-3)15-10(14-8)12-7-5-2/h4-7H2,1-3H3,(H2,11,12,13,14,15). The van der Waals surface area contributed by atoms with Crippen LogP contribution in [-0.4, -0.2) is 28.5 Å². The van der Waals surface area contributed by atoms with Crippen molar-refractivity contribution in [3.8, 4) is 0 Å².